The first-order valence-corrected chi connectivity index (χ1v) is 11.9. The average Bonchev–Trinajstić information content (AvgIpc) is 3.36. The normalized spacial score (nSPS) is 11.4. The fourth-order valence-corrected chi connectivity index (χ4v) is 4.53. The van der Waals surface area contributed by atoms with Gasteiger partial charge < -0.3 is 15.4 Å². The maximum Gasteiger partial charge on any atom is 0.262 e. The van der Waals surface area contributed by atoms with Crippen molar-refractivity contribution in [3.63, 3.8) is 0 Å². The number of nitrogens with one attached hydrogen (secondary N) is 2. The summed E-state index contributed by atoms with van der Waals surface area (Å²) >= 11 is 2.81. The molecule has 1 unspecified atom stereocenters. The number of nitrogens with zero attached hydrogens (tertiary/aromatic N) is 1. The van der Waals surface area contributed by atoms with E-state index in [0.29, 0.717) is 16.6 Å². The highest BCUT2D eigenvalue weighted by Crippen LogP contribution is 2.36. The lowest BCUT2D eigenvalue weighted by Gasteiger charge is -2.16. The van der Waals surface area contributed by atoms with Gasteiger partial charge in [0.15, 0.2) is 11.7 Å². The van der Waals surface area contributed by atoms with Crippen LogP contribution in [0.2, 0.25) is 0 Å². The number of thioether (sulfide) groups is 1. The molecular formula is C25H21N3O3S2. The van der Waals surface area contributed by atoms with Crippen molar-refractivity contribution in [3.8, 4) is 5.75 Å². The van der Waals surface area contributed by atoms with Crippen LogP contribution in [0.1, 0.15) is 10.8 Å². The molecule has 1 aromatic heterocycles. The van der Waals surface area contributed by atoms with Crippen LogP contribution in [0.4, 0.5) is 10.8 Å². The second-order valence-electron chi connectivity index (χ2n) is 6.91. The molecule has 0 aliphatic heterocycles. The summed E-state index contributed by atoms with van der Waals surface area (Å²) < 4.78 is 5.47. The maximum absolute atomic E-state index is 13.0. The Bertz CT molecular complexity index is 1170. The highest BCUT2D eigenvalue weighted by Gasteiger charge is 2.23. The zero-order valence-electron chi connectivity index (χ0n) is 17.5. The van der Waals surface area contributed by atoms with E-state index in [1.54, 1.807) is 18.3 Å². The number of para-hydroxylation sites is 1. The molecule has 2 N–H and O–H groups in total. The zero-order chi connectivity index (χ0) is 22.9. The van der Waals surface area contributed by atoms with E-state index in [9.17, 15) is 9.59 Å². The molecule has 4 rings (SSSR count). The summed E-state index contributed by atoms with van der Waals surface area (Å²) in [6.07, 6.45) is 1.66. The number of benzene rings is 3. The Hall–Kier alpha value is -3.62. The van der Waals surface area contributed by atoms with E-state index < -0.39 is 5.25 Å². The Kier molecular flexibility index (Phi) is 7.73. The summed E-state index contributed by atoms with van der Waals surface area (Å²) in [6, 6.07) is 26.2. The fraction of sp³-hybridized carbons (Fsp3) is 0.0800. The minimum absolute atomic E-state index is 0.0759. The van der Waals surface area contributed by atoms with E-state index in [-0.39, 0.29) is 18.4 Å². The van der Waals surface area contributed by atoms with Crippen molar-refractivity contribution in [1.29, 1.82) is 0 Å². The molecule has 3 aromatic carbocycles. The number of rotatable bonds is 9. The molecule has 0 fully saturated rings. The number of hydrogen-bond donors (Lipinski definition) is 2. The van der Waals surface area contributed by atoms with E-state index in [0.717, 1.165) is 10.5 Å². The molecule has 0 saturated carbocycles. The smallest absolute Gasteiger partial charge is 0.262 e. The lowest BCUT2D eigenvalue weighted by Crippen LogP contribution is -2.20. The van der Waals surface area contributed by atoms with Gasteiger partial charge >= 0.3 is 0 Å². The molecule has 33 heavy (non-hydrogen) atoms. The van der Waals surface area contributed by atoms with Crippen LogP contribution < -0.4 is 15.4 Å². The predicted octanol–water partition coefficient (Wildman–Crippen LogP) is 5.63. The van der Waals surface area contributed by atoms with Crippen LogP contribution in [0.5, 0.6) is 5.75 Å². The van der Waals surface area contributed by atoms with Gasteiger partial charge in [-0.15, -0.1) is 23.1 Å². The van der Waals surface area contributed by atoms with Gasteiger partial charge in [-0.3, -0.25) is 9.59 Å². The molecule has 166 valence electrons. The second-order valence-corrected chi connectivity index (χ2v) is 8.98. The van der Waals surface area contributed by atoms with Crippen LogP contribution in [0.3, 0.4) is 0 Å². The van der Waals surface area contributed by atoms with Gasteiger partial charge in [0.1, 0.15) is 11.0 Å². The van der Waals surface area contributed by atoms with Crippen LogP contribution in [0, 0.1) is 0 Å². The van der Waals surface area contributed by atoms with Crippen molar-refractivity contribution in [2.24, 2.45) is 0 Å². The van der Waals surface area contributed by atoms with Gasteiger partial charge in [-0.1, -0.05) is 48.5 Å². The van der Waals surface area contributed by atoms with Gasteiger partial charge in [-0.05, 0) is 42.0 Å². The number of carbonyl (C=O) groups excluding carboxylic acids is 2. The maximum atomic E-state index is 13.0. The highest BCUT2D eigenvalue weighted by atomic mass is 32.2. The zero-order valence-corrected chi connectivity index (χ0v) is 19.1. The van der Waals surface area contributed by atoms with E-state index in [1.165, 1.54) is 23.1 Å². The van der Waals surface area contributed by atoms with Crippen LogP contribution in [-0.4, -0.2) is 23.4 Å². The van der Waals surface area contributed by atoms with E-state index in [4.69, 9.17) is 4.74 Å². The number of carbonyl (C=O) groups is 2. The Morgan fingerprint density at radius 2 is 1.61 bits per heavy atom. The molecule has 0 aliphatic rings. The van der Waals surface area contributed by atoms with Gasteiger partial charge in [0.05, 0.1) is 0 Å². The number of aromatic nitrogens is 1. The third-order valence-electron chi connectivity index (χ3n) is 4.51. The van der Waals surface area contributed by atoms with Gasteiger partial charge in [-0.2, -0.15) is 0 Å². The third-order valence-corrected chi connectivity index (χ3v) is 6.46. The first kappa shape index (κ1) is 22.6. The SMILES string of the molecule is O=C(COc1ccccc1)Nc1ccc(SC(C(=O)Nc2nccs2)c2ccccc2)cc1. The van der Waals surface area contributed by atoms with Crippen molar-refractivity contribution < 1.29 is 14.3 Å². The van der Waals surface area contributed by atoms with Crippen molar-refractivity contribution in [3.05, 3.63) is 102 Å². The summed E-state index contributed by atoms with van der Waals surface area (Å²) in [5.74, 6) is 0.253. The molecule has 0 aliphatic carbocycles. The molecule has 1 atom stereocenters. The number of amides is 2. The minimum atomic E-state index is -0.449. The molecule has 0 bridgehead atoms. The number of anilines is 2. The molecule has 1 heterocycles. The summed E-state index contributed by atoms with van der Waals surface area (Å²) in [4.78, 5) is 30.2. The number of ether oxygens (including phenoxy) is 1. The van der Waals surface area contributed by atoms with Gasteiger partial charge in [0.2, 0.25) is 5.91 Å². The van der Waals surface area contributed by atoms with Gasteiger partial charge in [0, 0.05) is 22.2 Å². The quantitative estimate of drug-likeness (QED) is 0.307. The Morgan fingerprint density at radius 1 is 0.909 bits per heavy atom. The third kappa shape index (κ3) is 6.68. The lowest BCUT2D eigenvalue weighted by molar-refractivity contribution is -0.118. The van der Waals surface area contributed by atoms with Crippen LogP contribution >= 0.6 is 23.1 Å². The van der Waals surface area contributed by atoms with E-state index in [2.05, 4.69) is 15.6 Å². The van der Waals surface area contributed by atoms with Crippen LogP contribution in [0.15, 0.2) is 101 Å². The van der Waals surface area contributed by atoms with E-state index in [1.807, 2.05) is 78.2 Å². The fourth-order valence-electron chi connectivity index (χ4n) is 2.97. The van der Waals surface area contributed by atoms with Crippen LogP contribution in [-0.2, 0) is 9.59 Å². The Balaban J connectivity index is 1.38. The first-order valence-electron chi connectivity index (χ1n) is 10.2. The Morgan fingerprint density at radius 3 is 2.27 bits per heavy atom. The summed E-state index contributed by atoms with van der Waals surface area (Å²) in [5.41, 5.74) is 1.55. The van der Waals surface area contributed by atoms with Crippen molar-refractivity contribution >= 4 is 45.7 Å². The average molecular weight is 476 g/mol. The summed E-state index contributed by atoms with van der Waals surface area (Å²) in [6.45, 7) is -0.0759. The van der Waals surface area contributed by atoms with Crippen molar-refractivity contribution in [1.82, 2.24) is 4.98 Å². The molecule has 0 spiro atoms. The monoisotopic (exact) mass is 475 g/mol. The van der Waals surface area contributed by atoms with Gasteiger partial charge in [-0.25, -0.2) is 4.98 Å². The number of hydrogen-bond acceptors (Lipinski definition) is 6. The van der Waals surface area contributed by atoms with Crippen molar-refractivity contribution in [2.45, 2.75) is 10.1 Å². The van der Waals surface area contributed by atoms with Gasteiger partial charge in [0.25, 0.3) is 5.91 Å². The molecule has 8 heteroatoms. The molecule has 6 nitrogen and oxygen atoms in total. The summed E-state index contributed by atoms with van der Waals surface area (Å²) in [5, 5.41) is 7.64. The molecule has 0 saturated heterocycles. The Labute approximate surface area is 200 Å². The lowest BCUT2D eigenvalue weighted by atomic mass is 10.1. The standard InChI is InChI=1S/C25H21N3O3S2/c29-22(17-31-20-9-5-2-6-10-20)27-19-11-13-21(14-12-19)33-23(18-7-3-1-4-8-18)24(30)28-25-26-15-16-32-25/h1-16,23H,17H2,(H,27,29)(H,26,28,30). The number of thiazole rings is 1. The summed E-state index contributed by atoms with van der Waals surface area (Å²) in [7, 11) is 0. The minimum Gasteiger partial charge on any atom is -0.484 e. The van der Waals surface area contributed by atoms with Crippen molar-refractivity contribution in [2.75, 3.05) is 17.2 Å². The van der Waals surface area contributed by atoms with Crippen LogP contribution in [0.25, 0.3) is 0 Å². The largest absolute Gasteiger partial charge is 0.484 e. The first-order chi connectivity index (χ1) is 16.2. The molecule has 0 radical (unpaired) electrons. The van der Waals surface area contributed by atoms with E-state index >= 15 is 0 Å². The molecule has 4 aromatic rings. The predicted molar refractivity (Wildman–Crippen MR) is 133 cm³/mol. The topological polar surface area (TPSA) is 80.3 Å². The second kappa shape index (κ2) is 11.3. The molecular weight excluding hydrogens is 454 g/mol. The molecule has 2 amide bonds. The highest BCUT2D eigenvalue weighted by molar-refractivity contribution is 8.00.